The molecule has 0 N–H and O–H groups in total. The molecule has 1 atom stereocenters. The Morgan fingerprint density at radius 1 is 1.38 bits per heavy atom. The summed E-state index contributed by atoms with van der Waals surface area (Å²) >= 11 is 0. The van der Waals surface area contributed by atoms with E-state index < -0.39 is 5.60 Å². The number of carbonyl (C=O) groups is 1. The topological polar surface area (TPSA) is 48.0 Å². The highest BCUT2D eigenvalue weighted by atomic mass is 16.6. The molecule has 1 heterocycles. The van der Waals surface area contributed by atoms with Gasteiger partial charge in [0.25, 0.3) is 0 Å². The lowest BCUT2D eigenvalue weighted by Crippen LogP contribution is -2.49. The zero-order chi connectivity index (χ0) is 17.2. The monoisotopic (exact) mass is 331 g/mol. The molecule has 24 heavy (non-hydrogen) atoms. The van der Waals surface area contributed by atoms with Crippen LogP contribution in [0.5, 0.6) is 5.75 Å². The van der Waals surface area contributed by atoms with Gasteiger partial charge in [0.05, 0.1) is 13.2 Å². The predicted molar refractivity (Wildman–Crippen MR) is 92.2 cm³/mol. The van der Waals surface area contributed by atoms with Crippen LogP contribution < -0.4 is 4.74 Å². The summed E-state index contributed by atoms with van der Waals surface area (Å²) in [5, 5.41) is 0. The number of hydrogen-bond acceptors (Lipinski definition) is 4. The van der Waals surface area contributed by atoms with Crippen LogP contribution in [0.2, 0.25) is 0 Å². The van der Waals surface area contributed by atoms with Crippen molar-refractivity contribution in [1.82, 2.24) is 4.90 Å². The third-order valence-corrected chi connectivity index (χ3v) is 4.00. The first-order valence-electron chi connectivity index (χ1n) is 8.43. The number of nitrogens with zero attached hydrogens (tertiary/aromatic N) is 1. The molecule has 3 rings (SSSR count). The quantitative estimate of drug-likeness (QED) is 0.853. The molecule has 1 amide bonds. The van der Waals surface area contributed by atoms with Crippen molar-refractivity contribution in [2.45, 2.75) is 38.9 Å². The lowest BCUT2D eigenvalue weighted by molar-refractivity contribution is -0.0557. The molecule has 1 aliphatic carbocycles. The van der Waals surface area contributed by atoms with Gasteiger partial charge < -0.3 is 19.1 Å². The normalized spacial score (nSPS) is 20.0. The summed E-state index contributed by atoms with van der Waals surface area (Å²) < 4.78 is 17.1. The SMILES string of the molecule is CC(C)(C)OC(=O)N1CCO[C@@H](COc2cccc3c2CC=C3)C1. The van der Waals surface area contributed by atoms with E-state index in [1.54, 1.807) is 4.90 Å². The molecule has 1 aromatic carbocycles. The highest BCUT2D eigenvalue weighted by Gasteiger charge is 2.28. The Morgan fingerprint density at radius 2 is 2.21 bits per heavy atom. The second-order valence-electron chi connectivity index (χ2n) is 7.16. The smallest absolute Gasteiger partial charge is 0.410 e. The molecule has 0 radical (unpaired) electrons. The minimum Gasteiger partial charge on any atom is -0.490 e. The second kappa shape index (κ2) is 6.85. The third kappa shape index (κ3) is 4.09. The number of fused-ring (bicyclic) bond motifs is 1. The minimum atomic E-state index is -0.487. The van der Waals surface area contributed by atoms with Crippen LogP contribution in [-0.2, 0) is 15.9 Å². The fraction of sp³-hybridized carbons (Fsp3) is 0.526. The standard InChI is InChI=1S/C19H25NO4/c1-19(2,3)24-18(21)20-10-11-22-15(12-20)13-23-17-9-5-7-14-6-4-8-16(14)17/h4-7,9,15H,8,10-13H2,1-3H3/t15-/m1/s1. The summed E-state index contributed by atoms with van der Waals surface area (Å²) in [4.78, 5) is 13.9. The number of benzene rings is 1. The van der Waals surface area contributed by atoms with E-state index in [1.807, 2.05) is 32.9 Å². The molecule has 0 saturated carbocycles. The van der Waals surface area contributed by atoms with Gasteiger partial charge in [-0.25, -0.2) is 4.79 Å². The third-order valence-electron chi connectivity index (χ3n) is 4.00. The Morgan fingerprint density at radius 3 is 3.00 bits per heavy atom. The van der Waals surface area contributed by atoms with Crippen molar-refractivity contribution in [1.29, 1.82) is 0 Å². The number of hydrogen-bond donors (Lipinski definition) is 0. The zero-order valence-corrected chi connectivity index (χ0v) is 14.6. The molecular formula is C19H25NO4. The number of rotatable bonds is 3. The first kappa shape index (κ1) is 16.8. The molecule has 2 aliphatic rings. The van der Waals surface area contributed by atoms with E-state index in [0.29, 0.717) is 26.3 Å². The van der Waals surface area contributed by atoms with Crippen LogP contribution >= 0.6 is 0 Å². The van der Waals surface area contributed by atoms with E-state index >= 15 is 0 Å². The Bertz CT molecular complexity index is 633. The summed E-state index contributed by atoms with van der Waals surface area (Å²) in [6, 6.07) is 6.08. The van der Waals surface area contributed by atoms with E-state index in [-0.39, 0.29) is 12.2 Å². The molecule has 0 unspecified atom stereocenters. The second-order valence-corrected chi connectivity index (χ2v) is 7.16. The van der Waals surface area contributed by atoms with Gasteiger partial charge in [-0.05, 0) is 38.8 Å². The summed E-state index contributed by atoms with van der Waals surface area (Å²) in [6.07, 6.45) is 4.72. The van der Waals surface area contributed by atoms with Crippen molar-refractivity contribution >= 4 is 12.2 Å². The van der Waals surface area contributed by atoms with Crippen molar-refractivity contribution in [3.05, 3.63) is 35.4 Å². The van der Waals surface area contributed by atoms with Crippen LogP contribution in [0.4, 0.5) is 4.79 Å². The van der Waals surface area contributed by atoms with Gasteiger partial charge in [0.1, 0.15) is 24.1 Å². The lowest BCUT2D eigenvalue weighted by atomic mass is 10.1. The average molecular weight is 331 g/mol. The molecule has 5 heteroatoms. The molecule has 0 spiro atoms. The Balaban J connectivity index is 1.55. The average Bonchev–Trinajstić information content (AvgIpc) is 3.00. The van der Waals surface area contributed by atoms with Crippen LogP contribution in [0.1, 0.15) is 31.9 Å². The predicted octanol–water partition coefficient (Wildman–Crippen LogP) is 3.27. The first-order chi connectivity index (χ1) is 11.4. The van der Waals surface area contributed by atoms with Crippen LogP contribution in [-0.4, -0.2) is 49.0 Å². The van der Waals surface area contributed by atoms with Crippen LogP contribution in [0.25, 0.3) is 6.08 Å². The fourth-order valence-electron chi connectivity index (χ4n) is 2.89. The summed E-state index contributed by atoms with van der Waals surface area (Å²) in [5.41, 5.74) is 1.95. The van der Waals surface area contributed by atoms with Gasteiger partial charge >= 0.3 is 6.09 Å². The maximum atomic E-state index is 12.2. The molecule has 0 bridgehead atoms. The van der Waals surface area contributed by atoms with Crippen LogP contribution in [0.3, 0.4) is 0 Å². The lowest BCUT2D eigenvalue weighted by Gasteiger charge is -2.34. The van der Waals surface area contributed by atoms with E-state index in [2.05, 4.69) is 18.2 Å². The van der Waals surface area contributed by atoms with Crippen molar-refractivity contribution < 1.29 is 19.0 Å². The van der Waals surface area contributed by atoms with Crippen molar-refractivity contribution in [2.75, 3.05) is 26.3 Å². The van der Waals surface area contributed by atoms with Gasteiger partial charge in [0.15, 0.2) is 0 Å². The zero-order valence-electron chi connectivity index (χ0n) is 14.6. The molecular weight excluding hydrogens is 306 g/mol. The molecule has 1 aromatic rings. The minimum absolute atomic E-state index is 0.142. The highest BCUT2D eigenvalue weighted by Crippen LogP contribution is 2.29. The molecule has 0 aromatic heterocycles. The molecule has 130 valence electrons. The van der Waals surface area contributed by atoms with Gasteiger partial charge in [-0.15, -0.1) is 0 Å². The van der Waals surface area contributed by atoms with E-state index in [4.69, 9.17) is 14.2 Å². The molecule has 1 aliphatic heterocycles. The van der Waals surface area contributed by atoms with Gasteiger partial charge in [-0.3, -0.25) is 0 Å². The number of allylic oxidation sites excluding steroid dienone is 1. The Kier molecular flexibility index (Phi) is 4.81. The number of carbonyl (C=O) groups excluding carboxylic acids is 1. The number of ether oxygens (including phenoxy) is 3. The summed E-state index contributed by atoms with van der Waals surface area (Å²) in [6.45, 7) is 7.58. The molecule has 1 saturated heterocycles. The maximum absolute atomic E-state index is 12.2. The maximum Gasteiger partial charge on any atom is 0.410 e. The van der Waals surface area contributed by atoms with E-state index in [9.17, 15) is 4.79 Å². The van der Waals surface area contributed by atoms with Crippen molar-refractivity contribution in [3.63, 3.8) is 0 Å². The summed E-state index contributed by atoms with van der Waals surface area (Å²) in [5.74, 6) is 0.899. The van der Waals surface area contributed by atoms with Gasteiger partial charge in [-0.1, -0.05) is 24.3 Å². The van der Waals surface area contributed by atoms with Crippen LogP contribution in [0, 0.1) is 0 Å². The van der Waals surface area contributed by atoms with Gasteiger partial charge in [0.2, 0.25) is 0 Å². The summed E-state index contributed by atoms with van der Waals surface area (Å²) in [7, 11) is 0. The number of amides is 1. The molecule has 1 fully saturated rings. The van der Waals surface area contributed by atoms with Crippen LogP contribution in [0.15, 0.2) is 24.3 Å². The Hall–Kier alpha value is -2.01. The first-order valence-corrected chi connectivity index (χ1v) is 8.43. The van der Waals surface area contributed by atoms with Gasteiger partial charge in [-0.2, -0.15) is 0 Å². The largest absolute Gasteiger partial charge is 0.490 e. The van der Waals surface area contributed by atoms with E-state index in [0.717, 1.165) is 12.2 Å². The van der Waals surface area contributed by atoms with Crippen molar-refractivity contribution in [3.8, 4) is 5.75 Å². The Labute approximate surface area is 143 Å². The van der Waals surface area contributed by atoms with E-state index in [1.165, 1.54) is 11.1 Å². The van der Waals surface area contributed by atoms with Gasteiger partial charge in [0, 0.05) is 12.1 Å². The molecule has 5 nitrogen and oxygen atoms in total. The fourth-order valence-corrected chi connectivity index (χ4v) is 2.89. The number of morpholine rings is 1. The highest BCUT2D eigenvalue weighted by molar-refractivity contribution is 5.68. The van der Waals surface area contributed by atoms with Crippen molar-refractivity contribution in [2.24, 2.45) is 0 Å².